The van der Waals surface area contributed by atoms with Crippen molar-refractivity contribution in [1.82, 2.24) is 4.90 Å². The SMILES string of the molecule is CC1(O)CCCN(CCOc2ccccc2C#N)CC1. The molecule has 0 aliphatic carbocycles. The molecule has 0 amide bonds. The number of para-hydroxylation sites is 1. The highest BCUT2D eigenvalue weighted by Crippen LogP contribution is 2.21. The van der Waals surface area contributed by atoms with Gasteiger partial charge in [0.05, 0.1) is 11.2 Å². The third kappa shape index (κ3) is 4.22. The van der Waals surface area contributed by atoms with Gasteiger partial charge in [-0.05, 0) is 44.9 Å². The fraction of sp³-hybridized carbons (Fsp3) is 0.562. The molecule has 4 nitrogen and oxygen atoms in total. The maximum atomic E-state index is 10.0. The summed E-state index contributed by atoms with van der Waals surface area (Å²) in [6.07, 6.45) is 2.69. The predicted molar refractivity (Wildman–Crippen MR) is 77.6 cm³/mol. The minimum Gasteiger partial charge on any atom is -0.491 e. The van der Waals surface area contributed by atoms with Gasteiger partial charge in [-0.2, -0.15) is 5.26 Å². The number of ether oxygens (including phenoxy) is 1. The Morgan fingerprint density at radius 3 is 2.95 bits per heavy atom. The number of hydrogen-bond acceptors (Lipinski definition) is 4. The molecule has 1 saturated heterocycles. The summed E-state index contributed by atoms with van der Waals surface area (Å²) in [6.45, 7) is 5.21. The van der Waals surface area contributed by atoms with Crippen LogP contribution in [0.15, 0.2) is 24.3 Å². The lowest BCUT2D eigenvalue weighted by molar-refractivity contribution is 0.0442. The van der Waals surface area contributed by atoms with E-state index in [0.29, 0.717) is 17.9 Å². The average molecular weight is 274 g/mol. The second kappa shape index (κ2) is 6.74. The van der Waals surface area contributed by atoms with Crippen LogP contribution in [0.5, 0.6) is 5.75 Å². The van der Waals surface area contributed by atoms with Crippen LogP contribution in [0.3, 0.4) is 0 Å². The van der Waals surface area contributed by atoms with Gasteiger partial charge in [0, 0.05) is 13.1 Å². The van der Waals surface area contributed by atoms with Crippen LogP contribution >= 0.6 is 0 Å². The second-order valence-electron chi connectivity index (χ2n) is 5.65. The lowest BCUT2D eigenvalue weighted by Gasteiger charge is -2.22. The summed E-state index contributed by atoms with van der Waals surface area (Å²) in [4.78, 5) is 2.32. The fourth-order valence-corrected chi connectivity index (χ4v) is 2.51. The number of nitrogens with zero attached hydrogens (tertiary/aromatic N) is 2. The molecule has 1 fully saturated rings. The van der Waals surface area contributed by atoms with Gasteiger partial charge in [-0.15, -0.1) is 0 Å². The van der Waals surface area contributed by atoms with E-state index < -0.39 is 5.60 Å². The molecular formula is C16H22N2O2. The number of aliphatic hydroxyl groups is 1. The molecule has 4 heteroatoms. The van der Waals surface area contributed by atoms with E-state index in [9.17, 15) is 5.11 Å². The third-order valence-corrected chi connectivity index (χ3v) is 3.83. The summed E-state index contributed by atoms with van der Waals surface area (Å²) < 4.78 is 5.70. The van der Waals surface area contributed by atoms with Crippen molar-refractivity contribution in [3.63, 3.8) is 0 Å². The molecule has 1 atom stereocenters. The van der Waals surface area contributed by atoms with Crippen LogP contribution < -0.4 is 4.74 Å². The van der Waals surface area contributed by atoms with Crippen molar-refractivity contribution in [1.29, 1.82) is 5.26 Å². The number of benzene rings is 1. The topological polar surface area (TPSA) is 56.5 Å². The standard InChI is InChI=1S/C16H22N2O2/c1-16(19)7-4-9-18(10-8-16)11-12-20-15-6-3-2-5-14(15)13-17/h2-3,5-6,19H,4,7-12H2,1H3. The van der Waals surface area contributed by atoms with Crippen LogP contribution in [0.25, 0.3) is 0 Å². The molecule has 0 spiro atoms. The molecule has 1 aromatic rings. The van der Waals surface area contributed by atoms with Crippen LogP contribution in [0.4, 0.5) is 0 Å². The van der Waals surface area contributed by atoms with E-state index in [2.05, 4.69) is 11.0 Å². The van der Waals surface area contributed by atoms with Crippen molar-refractivity contribution in [2.45, 2.75) is 31.8 Å². The summed E-state index contributed by atoms with van der Waals surface area (Å²) in [5.74, 6) is 0.650. The van der Waals surface area contributed by atoms with Gasteiger partial charge in [-0.25, -0.2) is 0 Å². The minimum absolute atomic E-state index is 0.525. The largest absolute Gasteiger partial charge is 0.491 e. The Bertz CT molecular complexity index is 480. The monoisotopic (exact) mass is 274 g/mol. The van der Waals surface area contributed by atoms with Crippen molar-refractivity contribution in [3.8, 4) is 11.8 Å². The molecule has 1 unspecified atom stereocenters. The van der Waals surface area contributed by atoms with E-state index in [1.807, 2.05) is 25.1 Å². The molecule has 1 N–H and O–H groups in total. The van der Waals surface area contributed by atoms with Crippen LogP contribution in [-0.2, 0) is 0 Å². The van der Waals surface area contributed by atoms with E-state index in [-0.39, 0.29) is 0 Å². The Balaban J connectivity index is 1.80. The van der Waals surface area contributed by atoms with Crippen LogP contribution in [0.2, 0.25) is 0 Å². The van der Waals surface area contributed by atoms with Crippen molar-refractivity contribution in [2.75, 3.05) is 26.2 Å². The van der Waals surface area contributed by atoms with E-state index in [1.165, 1.54) is 0 Å². The molecule has 1 aromatic carbocycles. The third-order valence-electron chi connectivity index (χ3n) is 3.83. The quantitative estimate of drug-likeness (QED) is 0.914. The Hall–Kier alpha value is -1.57. The minimum atomic E-state index is -0.525. The number of likely N-dealkylation sites (tertiary alicyclic amines) is 1. The zero-order valence-electron chi connectivity index (χ0n) is 12.0. The molecule has 1 aliphatic heterocycles. The lowest BCUT2D eigenvalue weighted by Crippen LogP contribution is -2.31. The first-order chi connectivity index (χ1) is 9.61. The van der Waals surface area contributed by atoms with Gasteiger partial charge in [-0.3, -0.25) is 4.90 Å². The van der Waals surface area contributed by atoms with E-state index in [4.69, 9.17) is 10.00 Å². The smallest absolute Gasteiger partial charge is 0.137 e. The zero-order chi connectivity index (χ0) is 14.4. The van der Waals surface area contributed by atoms with Crippen molar-refractivity contribution >= 4 is 0 Å². The molecule has 0 aromatic heterocycles. The summed E-state index contributed by atoms with van der Waals surface area (Å²) in [5, 5.41) is 19.0. The van der Waals surface area contributed by atoms with Gasteiger partial charge in [0.1, 0.15) is 18.4 Å². The van der Waals surface area contributed by atoms with Gasteiger partial charge < -0.3 is 9.84 Å². The summed E-state index contributed by atoms with van der Waals surface area (Å²) in [7, 11) is 0. The maximum absolute atomic E-state index is 10.0. The molecular weight excluding hydrogens is 252 g/mol. The predicted octanol–water partition coefficient (Wildman–Crippen LogP) is 2.17. The molecule has 1 heterocycles. The Kier molecular flexibility index (Phi) is 4.99. The van der Waals surface area contributed by atoms with Crippen molar-refractivity contribution in [3.05, 3.63) is 29.8 Å². The summed E-state index contributed by atoms with van der Waals surface area (Å²) in [6, 6.07) is 9.43. The number of hydrogen-bond donors (Lipinski definition) is 1. The number of rotatable bonds is 4. The molecule has 2 rings (SSSR count). The zero-order valence-corrected chi connectivity index (χ0v) is 12.0. The first kappa shape index (κ1) is 14.8. The van der Waals surface area contributed by atoms with Crippen molar-refractivity contribution < 1.29 is 9.84 Å². The van der Waals surface area contributed by atoms with E-state index in [1.54, 1.807) is 6.07 Å². The Morgan fingerprint density at radius 2 is 2.15 bits per heavy atom. The van der Waals surface area contributed by atoms with Crippen LogP contribution in [0.1, 0.15) is 31.7 Å². The van der Waals surface area contributed by atoms with Gasteiger partial charge in [0.15, 0.2) is 0 Å². The van der Waals surface area contributed by atoms with Gasteiger partial charge >= 0.3 is 0 Å². The van der Waals surface area contributed by atoms with Gasteiger partial charge in [-0.1, -0.05) is 12.1 Å². The normalized spacial score (nSPS) is 23.9. The molecule has 0 radical (unpaired) electrons. The second-order valence-corrected chi connectivity index (χ2v) is 5.65. The van der Waals surface area contributed by atoms with E-state index in [0.717, 1.165) is 38.9 Å². The highest BCUT2D eigenvalue weighted by molar-refractivity contribution is 5.42. The summed E-state index contributed by atoms with van der Waals surface area (Å²) >= 11 is 0. The van der Waals surface area contributed by atoms with Gasteiger partial charge in [0.25, 0.3) is 0 Å². The molecule has 1 aliphatic rings. The van der Waals surface area contributed by atoms with E-state index >= 15 is 0 Å². The number of nitriles is 1. The first-order valence-electron chi connectivity index (χ1n) is 7.17. The molecule has 20 heavy (non-hydrogen) atoms. The highest BCUT2D eigenvalue weighted by Gasteiger charge is 2.24. The first-order valence-corrected chi connectivity index (χ1v) is 7.17. The molecule has 0 saturated carbocycles. The maximum Gasteiger partial charge on any atom is 0.137 e. The van der Waals surface area contributed by atoms with Crippen LogP contribution in [-0.4, -0.2) is 41.8 Å². The molecule has 108 valence electrons. The van der Waals surface area contributed by atoms with Crippen molar-refractivity contribution in [2.24, 2.45) is 0 Å². The van der Waals surface area contributed by atoms with Crippen LogP contribution in [0, 0.1) is 11.3 Å². The summed E-state index contributed by atoms with van der Waals surface area (Å²) in [5.41, 5.74) is 0.0505. The average Bonchev–Trinajstić information content (AvgIpc) is 2.61. The highest BCUT2D eigenvalue weighted by atomic mass is 16.5. The Labute approximate surface area is 120 Å². The molecule has 0 bridgehead atoms. The van der Waals surface area contributed by atoms with Gasteiger partial charge in [0.2, 0.25) is 0 Å². The fourth-order valence-electron chi connectivity index (χ4n) is 2.51. The lowest BCUT2D eigenvalue weighted by atomic mass is 9.98. The Morgan fingerprint density at radius 1 is 1.35 bits per heavy atom.